The number of morpholine rings is 1. The van der Waals surface area contributed by atoms with Crippen molar-refractivity contribution in [3.63, 3.8) is 0 Å². The molecule has 1 atom stereocenters. The van der Waals surface area contributed by atoms with Crippen LogP contribution in [0, 0.1) is 5.82 Å². The first-order valence-electron chi connectivity index (χ1n) is 9.09. The third-order valence-corrected chi connectivity index (χ3v) is 5.30. The predicted molar refractivity (Wildman–Crippen MR) is 95.9 cm³/mol. The molecule has 2 aliphatic heterocycles. The third-order valence-electron chi connectivity index (χ3n) is 5.30. The lowest BCUT2D eigenvalue weighted by atomic mass is 9.92. The van der Waals surface area contributed by atoms with Gasteiger partial charge in [0.2, 0.25) is 0 Å². The number of carbonyl (C=O) groups excluding carboxylic acids is 2. The number of likely N-dealkylation sites (tertiary alicyclic amines) is 1. The summed E-state index contributed by atoms with van der Waals surface area (Å²) in [4.78, 5) is 28.3. The molecular weight excluding hydrogens is 351 g/mol. The van der Waals surface area contributed by atoms with E-state index in [2.05, 4.69) is 0 Å². The summed E-state index contributed by atoms with van der Waals surface area (Å²) in [5.41, 5.74) is 0.164. The first-order chi connectivity index (χ1) is 13.1. The fourth-order valence-corrected chi connectivity index (χ4v) is 3.80. The van der Waals surface area contributed by atoms with E-state index in [9.17, 15) is 14.0 Å². The zero-order chi connectivity index (χ0) is 18.9. The van der Waals surface area contributed by atoms with Crippen LogP contribution in [0.5, 0.6) is 0 Å². The maximum atomic E-state index is 13.2. The van der Waals surface area contributed by atoms with Crippen LogP contribution in [0.3, 0.4) is 0 Å². The molecule has 0 bridgehead atoms. The largest absolute Gasteiger partial charge is 0.459 e. The molecule has 1 spiro atoms. The van der Waals surface area contributed by atoms with E-state index in [1.807, 2.05) is 0 Å². The van der Waals surface area contributed by atoms with Gasteiger partial charge in [0.25, 0.3) is 11.8 Å². The van der Waals surface area contributed by atoms with Gasteiger partial charge in [0.15, 0.2) is 5.76 Å². The summed E-state index contributed by atoms with van der Waals surface area (Å²) in [6, 6.07) is 9.27. The van der Waals surface area contributed by atoms with Gasteiger partial charge >= 0.3 is 0 Å². The summed E-state index contributed by atoms with van der Waals surface area (Å²) < 4.78 is 24.4. The topological polar surface area (TPSA) is 63.0 Å². The number of anilines is 1. The number of carbonyl (C=O) groups is 2. The second-order valence-electron chi connectivity index (χ2n) is 7.05. The summed E-state index contributed by atoms with van der Waals surface area (Å²) in [5.74, 6) is -0.270. The van der Waals surface area contributed by atoms with Crippen LogP contribution in [0.2, 0.25) is 0 Å². The first kappa shape index (κ1) is 17.7. The Labute approximate surface area is 156 Å². The second kappa shape index (κ2) is 7.15. The summed E-state index contributed by atoms with van der Waals surface area (Å²) in [6.07, 6.45) is 3.64. The Hall–Kier alpha value is -2.67. The Balaban J connectivity index is 1.49. The summed E-state index contributed by atoms with van der Waals surface area (Å²) in [5, 5.41) is 0. The normalized spacial score (nSPS) is 23.5. The Morgan fingerprint density at radius 3 is 2.67 bits per heavy atom. The molecule has 7 heteroatoms. The van der Waals surface area contributed by atoms with Gasteiger partial charge < -0.3 is 19.0 Å². The molecule has 2 amide bonds. The maximum Gasteiger partial charge on any atom is 0.289 e. The molecule has 0 saturated carbocycles. The molecule has 0 radical (unpaired) electrons. The van der Waals surface area contributed by atoms with E-state index < -0.39 is 5.60 Å². The molecule has 0 N–H and O–H groups in total. The Morgan fingerprint density at radius 2 is 1.93 bits per heavy atom. The molecule has 1 unspecified atom stereocenters. The van der Waals surface area contributed by atoms with E-state index in [1.54, 1.807) is 34.1 Å². The van der Waals surface area contributed by atoms with Crippen molar-refractivity contribution in [3.8, 4) is 0 Å². The number of amides is 2. The molecule has 3 heterocycles. The molecule has 1 aromatic heterocycles. The molecule has 1 aromatic carbocycles. The van der Waals surface area contributed by atoms with Crippen LogP contribution in [0.25, 0.3) is 0 Å². The van der Waals surface area contributed by atoms with E-state index in [0.29, 0.717) is 37.5 Å². The van der Waals surface area contributed by atoms with Gasteiger partial charge in [0.1, 0.15) is 12.4 Å². The molecule has 4 rings (SSSR count). The first-order valence-corrected chi connectivity index (χ1v) is 9.09. The van der Waals surface area contributed by atoms with Gasteiger partial charge in [0, 0.05) is 18.8 Å². The van der Waals surface area contributed by atoms with Crippen molar-refractivity contribution in [2.75, 3.05) is 31.1 Å². The number of nitrogens with zero attached hydrogens (tertiary/aromatic N) is 2. The van der Waals surface area contributed by atoms with Gasteiger partial charge in [0.05, 0.1) is 18.4 Å². The number of furan rings is 1. The Morgan fingerprint density at radius 1 is 1.11 bits per heavy atom. The van der Waals surface area contributed by atoms with E-state index in [-0.39, 0.29) is 24.2 Å². The summed E-state index contributed by atoms with van der Waals surface area (Å²) >= 11 is 0. The lowest BCUT2D eigenvalue weighted by Gasteiger charge is -2.42. The number of hydrogen-bond acceptors (Lipinski definition) is 4. The monoisotopic (exact) mass is 372 g/mol. The van der Waals surface area contributed by atoms with Crippen LogP contribution < -0.4 is 4.90 Å². The molecular formula is C20H21FN2O4. The maximum absolute atomic E-state index is 13.2. The lowest BCUT2D eigenvalue weighted by Crippen LogP contribution is -2.55. The van der Waals surface area contributed by atoms with Gasteiger partial charge in [-0.1, -0.05) is 0 Å². The van der Waals surface area contributed by atoms with Crippen molar-refractivity contribution >= 4 is 17.5 Å². The molecule has 2 aromatic rings. The fraction of sp³-hybridized carbons (Fsp3) is 0.400. The van der Waals surface area contributed by atoms with Gasteiger partial charge in [-0.15, -0.1) is 0 Å². The van der Waals surface area contributed by atoms with Crippen LogP contribution in [-0.2, 0) is 9.53 Å². The predicted octanol–water partition coefficient (Wildman–Crippen LogP) is 2.85. The average Bonchev–Trinajstić information content (AvgIpc) is 3.14. The number of benzene rings is 1. The highest BCUT2D eigenvalue weighted by Crippen LogP contribution is 2.33. The standard InChI is InChI=1S/C20H21FN2O4/c21-15-4-6-16(7-5-15)23-14-20(27-13-18(23)24)8-2-10-22(11-9-20)19(25)17-3-1-12-26-17/h1,3-7,12H,2,8-11,13-14H2. The summed E-state index contributed by atoms with van der Waals surface area (Å²) in [7, 11) is 0. The quantitative estimate of drug-likeness (QED) is 0.813. The molecule has 6 nitrogen and oxygen atoms in total. The fourth-order valence-electron chi connectivity index (χ4n) is 3.80. The molecule has 2 fully saturated rings. The van der Waals surface area contributed by atoms with Crippen molar-refractivity contribution in [3.05, 3.63) is 54.2 Å². The number of ether oxygens (including phenoxy) is 1. The minimum atomic E-state index is -0.500. The SMILES string of the molecule is O=C(c1ccco1)N1CCCC2(CC1)CN(c1ccc(F)cc1)C(=O)CO2. The van der Waals surface area contributed by atoms with Crippen LogP contribution in [0.15, 0.2) is 47.1 Å². The molecule has 142 valence electrons. The third kappa shape index (κ3) is 3.60. The number of hydrogen-bond donors (Lipinski definition) is 0. The van der Waals surface area contributed by atoms with Gasteiger partial charge in [-0.3, -0.25) is 9.59 Å². The van der Waals surface area contributed by atoms with E-state index in [1.165, 1.54) is 18.4 Å². The van der Waals surface area contributed by atoms with Crippen LogP contribution in [-0.4, -0.2) is 48.6 Å². The van der Waals surface area contributed by atoms with Gasteiger partial charge in [-0.2, -0.15) is 0 Å². The number of halogens is 1. The smallest absolute Gasteiger partial charge is 0.289 e. The van der Waals surface area contributed by atoms with E-state index in [0.717, 1.165) is 12.8 Å². The zero-order valence-electron chi connectivity index (χ0n) is 14.9. The second-order valence-corrected chi connectivity index (χ2v) is 7.05. The molecule has 2 saturated heterocycles. The van der Waals surface area contributed by atoms with Crippen LogP contribution in [0.4, 0.5) is 10.1 Å². The Kier molecular flexibility index (Phi) is 4.70. The van der Waals surface area contributed by atoms with Crippen molar-refractivity contribution in [1.82, 2.24) is 4.90 Å². The summed E-state index contributed by atoms with van der Waals surface area (Å²) in [6.45, 7) is 1.55. The Bertz CT molecular complexity index is 821. The van der Waals surface area contributed by atoms with Crippen molar-refractivity contribution in [2.24, 2.45) is 0 Å². The minimum Gasteiger partial charge on any atom is -0.459 e. The minimum absolute atomic E-state index is 0.0104. The van der Waals surface area contributed by atoms with Crippen molar-refractivity contribution in [2.45, 2.75) is 24.9 Å². The van der Waals surface area contributed by atoms with Crippen LogP contribution in [0.1, 0.15) is 29.8 Å². The van der Waals surface area contributed by atoms with Crippen molar-refractivity contribution in [1.29, 1.82) is 0 Å². The molecule has 2 aliphatic rings. The van der Waals surface area contributed by atoms with Crippen LogP contribution >= 0.6 is 0 Å². The lowest BCUT2D eigenvalue weighted by molar-refractivity contribution is -0.140. The molecule has 27 heavy (non-hydrogen) atoms. The van der Waals surface area contributed by atoms with E-state index in [4.69, 9.17) is 9.15 Å². The van der Waals surface area contributed by atoms with Crippen molar-refractivity contribution < 1.29 is 23.1 Å². The highest BCUT2D eigenvalue weighted by molar-refractivity contribution is 5.95. The van der Waals surface area contributed by atoms with Gasteiger partial charge in [-0.25, -0.2) is 4.39 Å². The number of rotatable bonds is 2. The van der Waals surface area contributed by atoms with Gasteiger partial charge in [-0.05, 0) is 55.7 Å². The zero-order valence-corrected chi connectivity index (χ0v) is 14.9. The highest BCUT2D eigenvalue weighted by Gasteiger charge is 2.42. The molecule has 0 aliphatic carbocycles. The van der Waals surface area contributed by atoms with E-state index >= 15 is 0 Å². The highest BCUT2D eigenvalue weighted by atomic mass is 19.1. The average molecular weight is 372 g/mol.